The van der Waals surface area contributed by atoms with Crippen LogP contribution < -0.4 is 0 Å². The van der Waals surface area contributed by atoms with Gasteiger partial charge >= 0.3 is 0 Å². The molecule has 0 radical (unpaired) electrons. The summed E-state index contributed by atoms with van der Waals surface area (Å²) in [4.78, 5) is 2.56. The molecule has 2 heterocycles. The van der Waals surface area contributed by atoms with Crippen molar-refractivity contribution in [2.75, 3.05) is 26.2 Å². The van der Waals surface area contributed by atoms with Crippen LogP contribution in [0.4, 0.5) is 0 Å². The third-order valence-electron chi connectivity index (χ3n) is 3.13. The fourth-order valence-corrected chi connectivity index (χ4v) is 1.96. The van der Waals surface area contributed by atoms with E-state index in [-0.39, 0.29) is 0 Å². The van der Waals surface area contributed by atoms with E-state index < -0.39 is 0 Å². The second-order valence-corrected chi connectivity index (χ2v) is 4.26. The maximum atomic E-state index is 5.42. The van der Waals surface area contributed by atoms with Crippen LogP contribution in [0.15, 0.2) is 0 Å². The van der Waals surface area contributed by atoms with Crippen LogP contribution in [-0.2, 0) is 4.74 Å². The first-order chi connectivity index (χ1) is 5.84. The molecule has 0 bridgehead atoms. The molecule has 0 aromatic rings. The van der Waals surface area contributed by atoms with Crippen LogP contribution in [0.2, 0.25) is 0 Å². The third-order valence-corrected chi connectivity index (χ3v) is 3.13. The molecule has 2 saturated heterocycles. The molecule has 12 heavy (non-hydrogen) atoms. The lowest BCUT2D eigenvalue weighted by molar-refractivity contribution is -0.0697. The van der Waals surface area contributed by atoms with Crippen LogP contribution in [-0.4, -0.2) is 37.2 Å². The highest BCUT2D eigenvalue weighted by Gasteiger charge is 2.23. The highest BCUT2D eigenvalue weighted by atomic mass is 16.5. The average Bonchev–Trinajstić information content (AvgIpc) is 2.00. The normalized spacial score (nSPS) is 33.2. The number of hydrogen-bond donors (Lipinski definition) is 0. The summed E-state index contributed by atoms with van der Waals surface area (Å²) in [5, 5.41) is 0. The molecule has 2 aliphatic rings. The minimum Gasteiger partial charge on any atom is -0.377 e. The second-order valence-electron chi connectivity index (χ2n) is 4.26. The number of ether oxygens (including phenoxy) is 1. The van der Waals surface area contributed by atoms with Gasteiger partial charge in [-0.05, 0) is 38.3 Å². The summed E-state index contributed by atoms with van der Waals surface area (Å²) in [7, 11) is 0. The van der Waals surface area contributed by atoms with Gasteiger partial charge in [-0.25, -0.2) is 0 Å². The summed E-state index contributed by atoms with van der Waals surface area (Å²) in [5.41, 5.74) is 0. The van der Waals surface area contributed by atoms with Gasteiger partial charge in [0.05, 0.1) is 6.10 Å². The number of piperidine rings is 1. The molecule has 2 fully saturated rings. The molecule has 0 aromatic carbocycles. The van der Waals surface area contributed by atoms with Gasteiger partial charge in [-0.15, -0.1) is 0 Å². The van der Waals surface area contributed by atoms with Crippen molar-refractivity contribution in [3.8, 4) is 0 Å². The highest BCUT2D eigenvalue weighted by Crippen LogP contribution is 2.19. The smallest absolute Gasteiger partial charge is 0.0723 e. The van der Waals surface area contributed by atoms with Crippen molar-refractivity contribution in [3.63, 3.8) is 0 Å². The molecule has 1 atom stereocenters. The zero-order valence-corrected chi connectivity index (χ0v) is 7.96. The molecule has 1 unspecified atom stereocenters. The van der Waals surface area contributed by atoms with Crippen molar-refractivity contribution in [1.82, 2.24) is 4.90 Å². The maximum Gasteiger partial charge on any atom is 0.0723 e. The van der Waals surface area contributed by atoms with Crippen molar-refractivity contribution < 1.29 is 4.74 Å². The average molecular weight is 169 g/mol. The van der Waals surface area contributed by atoms with E-state index in [1.807, 2.05) is 0 Å². The van der Waals surface area contributed by atoms with E-state index in [0.717, 1.165) is 12.5 Å². The topological polar surface area (TPSA) is 12.5 Å². The fourth-order valence-electron chi connectivity index (χ4n) is 1.96. The Bertz CT molecular complexity index is 137. The number of nitrogens with zero attached hydrogens (tertiary/aromatic N) is 1. The van der Waals surface area contributed by atoms with E-state index >= 15 is 0 Å². The Balaban J connectivity index is 1.67. The van der Waals surface area contributed by atoms with Crippen LogP contribution in [0.1, 0.15) is 26.2 Å². The Labute approximate surface area is 74.9 Å². The van der Waals surface area contributed by atoms with E-state index in [1.165, 1.54) is 38.9 Å². The van der Waals surface area contributed by atoms with E-state index in [2.05, 4.69) is 11.8 Å². The summed E-state index contributed by atoms with van der Waals surface area (Å²) in [5.74, 6) is 0.948. The quantitative estimate of drug-likeness (QED) is 0.621. The van der Waals surface area contributed by atoms with Crippen LogP contribution in [0.5, 0.6) is 0 Å². The minimum absolute atomic E-state index is 0.568. The molecule has 2 nitrogen and oxygen atoms in total. The monoisotopic (exact) mass is 169 g/mol. The Morgan fingerprint density at radius 3 is 2.42 bits per heavy atom. The van der Waals surface area contributed by atoms with Gasteiger partial charge in [-0.1, -0.05) is 6.92 Å². The zero-order chi connectivity index (χ0) is 8.39. The predicted molar refractivity (Wildman–Crippen MR) is 49.2 cm³/mol. The van der Waals surface area contributed by atoms with Gasteiger partial charge in [-0.3, -0.25) is 0 Å². The van der Waals surface area contributed by atoms with Crippen LogP contribution in [0, 0.1) is 5.92 Å². The van der Waals surface area contributed by atoms with Crippen molar-refractivity contribution in [3.05, 3.63) is 0 Å². The summed E-state index contributed by atoms with van der Waals surface area (Å²) in [6.07, 6.45) is 4.62. The van der Waals surface area contributed by atoms with Gasteiger partial charge in [0.2, 0.25) is 0 Å². The van der Waals surface area contributed by atoms with Gasteiger partial charge in [0.15, 0.2) is 0 Å². The summed E-state index contributed by atoms with van der Waals surface area (Å²) in [6.45, 7) is 7.13. The van der Waals surface area contributed by atoms with E-state index in [9.17, 15) is 0 Å². The minimum atomic E-state index is 0.568. The Hall–Kier alpha value is -0.0800. The fraction of sp³-hybridized carbons (Fsp3) is 1.00. The summed E-state index contributed by atoms with van der Waals surface area (Å²) in [6, 6.07) is 0. The first kappa shape index (κ1) is 8.52. The van der Waals surface area contributed by atoms with Crippen molar-refractivity contribution in [1.29, 1.82) is 0 Å². The molecule has 2 rings (SSSR count). The summed E-state index contributed by atoms with van der Waals surface area (Å²) < 4.78 is 5.42. The van der Waals surface area contributed by atoms with Gasteiger partial charge in [0.1, 0.15) is 0 Å². The first-order valence-electron chi connectivity index (χ1n) is 5.18. The van der Waals surface area contributed by atoms with Crippen LogP contribution >= 0.6 is 0 Å². The molecule has 0 aliphatic carbocycles. The summed E-state index contributed by atoms with van der Waals surface area (Å²) >= 11 is 0. The lowest BCUT2D eigenvalue weighted by Crippen LogP contribution is -2.43. The maximum absolute atomic E-state index is 5.42. The first-order valence-corrected chi connectivity index (χ1v) is 5.18. The lowest BCUT2D eigenvalue weighted by atomic mass is 9.98. The Kier molecular flexibility index (Phi) is 2.66. The van der Waals surface area contributed by atoms with E-state index in [0.29, 0.717) is 6.10 Å². The lowest BCUT2D eigenvalue weighted by Gasteiger charge is -2.36. The number of rotatable bonds is 2. The largest absolute Gasteiger partial charge is 0.377 e. The van der Waals surface area contributed by atoms with E-state index in [4.69, 9.17) is 4.74 Å². The highest BCUT2D eigenvalue weighted by molar-refractivity contribution is 4.75. The standard InChI is InChI=1S/C10H19NO/c1-9-2-5-11(6-3-9)8-10-4-7-12-10/h9-10H,2-8H2,1H3. The number of hydrogen-bond acceptors (Lipinski definition) is 2. The van der Waals surface area contributed by atoms with Crippen molar-refractivity contribution in [2.24, 2.45) is 5.92 Å². The van der Waals surface area contributed by atoms with Gasteiger partial charge < -0.3 is 9.64 Å². The van der Waals surface area contributed by atoms with Crippen molar-refractivity contribution in [2.45, 2.75) is 32.3 Å². The second kappa shape index (κ2) is 3.75. The molecular formula is C10H19NO. The van der Waals surface area contributed by atoms with Crippen LogP contribution in [0.3, 0.4) is 0 Å². The molecule has 70 valence electrons. The third kappa shape index (κ3) is 1.99. The molecule has 0 aromatic heterocycles. The predicted octanol–water partition coefficient (Wildman–Crippen LogP) is 1.51. The molecule has 2 aliphatic heterocycles. The van der Waals surface area contributed by atoms with Crippen LogP contribution in [0.25, 0.3) is 0 Å². The molecule has 0 spiro atoms. The molecule has 0 saturated carbocycles. The molecule has 2 heteroatoms. The number of likely N-dealkylation sites (tertiary alicyclic amines) is 1. The van der Waals surface area contributed by atoms with Gasteiger partial charge in [0.25, 0.3) is 0 Å². The Morgan fingerprint density at radius 2 is 1.92 bits per heavy atom. The van der Waals surface area contributed by atoms with Gasteiger partial charge in [0, 0.05) is 13.2 Å². The van der Waals surface area contributed by atoms with Gasteiger partial charge in [-0.2, -0.15) is 0 Å². The van der Waals surface area contributed by atoms with Crippen molar-refractivity contribution >= 4 is 0 Å². The molecule has 0 amide bonds. The van der Waals surface area contributed by atoms with E-state index in [1.54, 1.807) is 0 Å². The SMILES string of the molecule is CC1CCN(CC2CCO2)CC1. The molecular weight excluding hydrogens is 150 g/mol. The molecule has 0 N–H and O–H groups in total. The Morgan fingerprint density at radius 1 is 1.25 bits per heavy atom. The zero-order valence-electron chi connectivity index (χ0n) is 7.96.